The molecule has 15 heavy (non-hydrogen) atoms. The summed E-state index contributed by atoms with van der Waals surface area (Å²) in [7, 11) is 0. The van der Waals surface area contributed by atoms with E-state index >= 15 is 0 Å². The second-order valence-corrected chi connectivity index (χ2v) is 3.84. The number of hydrogen-bond acceptors (Lipinski definition) is 4. The summed E-state index contributed by atoms with van der Waals surface area (Å²) in [6.45, 7) is 1.72. The number of rotatable bonds is 6. The highest BCUT2D eigenvalue weighted by molar-refractivity contribution is 5.77. The molecule has 0 unspecified atom stereocenters. The van der Waals surface area contributed by atoms with E-state index in [0.717, 1.165) is 18.2 Å². The number of aromatic nitrogens is 1. The molecule has 1 aliphatic rings. The minimum atomic E-state index is 0.0467. The molecule has 1 aromatic rings. The Morgan fingerprint density at radius 2 is 2.47 bits per heavy atom. The molecule has 0 radical (unpaired) electrons. The maximum absolute atomic E-state index is 11.3. The predicted molar refractivity (Wildman–Crippen MR) is 53.9 cm³/mol. The molecule has 1 aromatic heterocycles. The van der Waals surface area contributed by atoms with Gasteiger partial charge in [-0.15, -0.1) is 0 Å². The van der Waals surface area contributed by atoms with Gasteiger partial charge in [-0.2, -0.15) is 0 Å². The van der Waals surface area contributed by atoms with Gasteiger partial charge in [0.2, 0.25) is 5.91 Å². The Labute approximate surface area is 88.2 Å². The van der Waals surface area contributed by atoms with Crippen molar-refractivity contribution in [1.29, 1.82) is 0 Å². The second-order valence-electron chi connectivity index (χ2n) is 3.84. The number of amides is 1. The Hall–Kier alpha value is -1.36. The van der Waals surface area contributed by atoms with Crippen LogP contribution in [0.5, 0.6) is 0 Å². The largest absolute Gasteiger partial charge is 0.364 e. The number of carbonyl (C=O) groups is 1. The predicted octanol–water partition coefficient (Wildman–Crippen LogP) is 0.290. The lowest BCUT2D eigenvalue weighted by Crippen LogP contribution is -2.34. The molecule has 2 rings (SSSR count). The third-order valence-corrected chi connectivity index (χ3v) is 2.37. The van der Waals surface area contributed by atoms with Gasteiger partial charge in [0, 0.05) is 19.2 Å². The standard InChI is InChI=1S/C10H15N3O2/c14-10(12-5-8-1-2-8)7-11-6-9-3-4-15-13-9/h3-4,8,11H,1-2,5-7H2,(H,12,14). The van der Waals surface area contributed by atoms with Crippen LogP contribution in [-0.4, -0.2) is 24.2 Å². The lowest BCUT2D eigenvalue weighted by Gasteiger charge is -2.04. The van der Waals surface area contributed by atoms with E-state index in [0.29, 0.717) is 13.1 Å². The van der Waals surface area contributed by atoms with E-state index in [1.54, 1.807) is 6.07 Å². The van der Waals surface area contributed by atoms with E-state index in [9.17, 15) is 4.79 Å². The first-order valence-electron chi connectivity index (χ1n) is 5.21. The van der Waals surface area contributed by atoms with Crippen molar-refractivity contribution in [2.75, 3.05) is 13.1 Å². The van der Waals surface area contributed by atoms with Gasteiger partial charge in [0.1, 0.15) is 6.26 Å². The molecule has 0 spiro atoms. The average Bonchev–Trinajstić information content (AvgIpc) is 2.92. The molecule has 1 saturated carbocycles. The quantitative estimate of drug-likeness (QED) is 0.706. The normalized spacial score (nSPS) is 15.2. The topological polar surface area (TPSA) is 67.2 Å². The third-order valence-electron chi connectivity index (χ3n) is 2.37. The van der Waals surface area contributed by atoms with Crippen LogP contribution in [0, 0.1) is 5.92 Å². The van der Waals surface area contributed by atoms with Crippen LogP contribution >= 0.6 is 0 Å². The van der Waals surface area contributed by atoms with E-state index in [1.165, 1.54) is 19.1 Å². The van der Waals surface area contributed by atoms with Gasteiger partial charge < -0.3 is 15.2 Å². The van der Waals surface area contributed by atoms with E-state index < -0.39 is 0 Å². The Morgan fingerprint density at radius 3 is 3.13 bits per heavy atom. The molecule has 5 nitrogen and oxygen atoms in total. The zero-order valence-electron chi connectivity index (χ0n) is 8.53. The van der Waals surface area contributed by atoms with Crippen molar-refractivity contribution in [2.24, 2.45) is 5.92 Å². The molecule has 0 aliphatic heterocycles. The summed E-state index contributed by atoms with van der Waals surface area (Å²) in [6.07, 6.45) is 4.03. The molecule has 0 bridgehead atoms. The molecular weight excluding hydrogens is 194 g/mol. The lowest BCUT2D eigenvalue weighted by atomic mass is 10.4. The first-order valence-corrected chi connectivity index (χ1v) is 5.21. The van der Waals surface area contributed by atoms with Gasteiger partial charge in [-0.1, -0.05) is 5.16 Å². The number of carbonyl (C=O) groups excluding carboxylic acids is 1. The molecule has 2 N–H and O–H groups in total. The van der Waals surface area contributed by atoms with Crippen molar-refractivity contribution in [3.05, 3.63) is 18.0 Å². The fourth-order valence-corrected chi connectivity index (χ4v) is 1.28. The van der Waals surface area contributed by atoms with Crippen molar-refractivity contribution in [3.63, 3.8) is 0 Å². The molecule has 0 atom stereocenters. The van der Waals surface area contributed by atoms with E-state index in [-0.39, 0.29) is 5.91 Å². The van der Waals surface area contributed by atoms with Crippen molar-refractivity contribution in [1.82, 2.24) is 15.8 Å². The minimum Gasteiger partial charge on any atom is -0.364 e. The van der Waals surface area contributed by atoms with Gasteiger partial charge in [0.15, 0.2) is 0 Å². The van der Waals surface area contributed by atoms with Crippen LogP contribution in [0.15, 0.2) is 16.9 Å². The van der Waals surface area contributed by atoms with Crippen LogP contribution in [0.4, 0.5) is 0 Å². The molecule has 5 heteroatoms. The maximum Gasteiger partial charge on any atom is 0.233 e. The van der Waals surface area contributed by atoms with Gasteiger partial charge in [-0.25, -0.2) is 0 Å². The van der Waals surface area contributed by atoms with Crippen molar-refractivity contribution >= 4 is 5.91 Å². The summed E-state index contributed by atoms with van der Waals surface area (Å²) in [5.74, 6) is 0.773. The summed E-state index contributed by atoms with van der Waals surface area (Å²) in [5, 5.41) is 9.60. The van der Waals surface area contributed by atoms with Crippen molar-refractivity contribution in [3.8, 4) is 0 Å². The summed E-state index contributed by atoms with van der Waals surface area (Å²) < 4.78 is 4.67. The Kier molecular flexibility index (Phi) is 3.34. The van der Waals surface area contributed by atoms with Gasteiger partial charge in [0.05, 0.1) is 12.2 Å². The first kappa shape index (κ1) is 10.2. The lowest BCUT2D eigenvalue weighted by molar-refractivity contribution is -0.120. The smallest absolute Gasteiger partial charge is 0.233 e. The van der Waals surface area contributed by atoms with Gasteiger partial charge in [-0.3, -0.25) is 4.79 Å². The van der Waals surface area contributed by atoms with Crippen LogP contribution in [0.3, 0.4) is 0 Å². The molecule has 1 aliphatic carbocycles. The summed E-state index contributed by atoms with van der Waals surface area (Å²) >= 11 is 0. The first-order chi connectivity index (χ1) is 7.34. The number of nitrogens with zero attached hydrogens (tertiary/aromatic N) is 1. The number of hydrogen-bond donors (Lipinski definition) is 2. The zero-order chi connectivity index (χ0) is 10.5. The number of nitrogens with one attached hydrogen (secondary N) is 2. The van der Waals surface area contributed by atoms with Gasteiger partial charge >= 0.3 is 0 Å². The van der Waals surface area contributed by atoms with E-state index in [1.807, 2.05) is 0 Å². The summed E-state index contributed by atoms with van der Waals surface area (Å²) in [6, 6.07) is 1.77. The highest BCUT2D eigenvalue weighted by atomic mass is 16.5. The molecule has 0 saturated heterocycles. The fourth-order valence-electron chi connectivity index (χ4n) is 1.28. The minimum absolute atomic E-state index is 0.0467. The Morgan fingerprint density at radius 1 is 1.60 bits per heavy atom. The van der Waals surface area contributed by atoms with Crippen molar-refractivity contribution in [2.45, 2.75) is 19.4 Å². The Bertz CT molecular complexity index is 306. The molecule has 1 fully saturated rings. The monoisotopic (exact) mass is 209 g/mol. The molecule has 1 heterocycles. The third kappa shape index (κ3) is 3.71. The van der Waals surface area contributed by atoms with Crippen LogP contribution in [0.25, 0.3) is 0 Å². The van der Waals surface area contributed by atoms with Crippen LogP contribution in [0.2, 0.25) is 0 Å². The zero-order valence-corrected chi connectivity index (χ0v) is 8.53. The van der Waals surface area contributed by atoms with Gasteiger partial charge in [0.25, 0.3) is 0 Å². The molecular formula is C10H15N3O2. The molecule has 0 aromatic carbocycles. The Balaban J connectivity index is 1.54. The molecule has 1 amide bonds. The maximum atomic E-state index is 11.3. The fraction of sp³-hybridized carbons (Fsp3) is 0.600. The summed E-state index contributed by atoms with van der Waals surface area (Å²) in [5.41, 5.74) is 0.810. The van der Waals surface area contributed by atoms with Crippen LogP contribution < -0.4 is 10.6 Å². The van der Waals surface area contributed by atoms with E-state index in [4.69, 9.17) is 0 Å². The van der Waals surface area contributed by atoms with Gasteiger partial charge in [-0.05, 0) is 18.8 Å². The van der Waals surface area contributed by atoms with Crippen LogP contribution in [-0.2, 0) is 11.3 Å². The molecule has 82 valence electrons. The highest BCUT2D eigenvalue weighted by Crippen LogP contribution is 2.27. The van der Waals surface area contributed by atoms with E-state index in [2.05, 4.69) is 20.3 Å². The van der Waals surface area contributed by atoms with Crippen molar-refractivity contribution < 1.29 is 9.32 Å². The SMILES string of the molecule is O=C(CNCc1ccon1)NCC1CC1. The summed E-state index contributed by atoms with van der Waals surface area (Å²) in [4.78, 5) is 11.3. The van der Waals surface area contributed by atoms with Crippen LogP contribution in [0.1, 0.15) is 18.5 Å². The second kappa shape index (κ2) is 4.93. The highest BCUT2D eigenvalue weighted by Gasteiger charge is 2.21. The average molecular weight is 209 g/mol.